The van der Waals surface area contributed by atoms with E-state index in [9.17, 15) is 9.59 Å². The molecule has 0 atom stereocenters. The minimum absolute atomic E-state index is 0.0224. The Balaban J connectivity index is 3.30. The molecule has 0 unspecified atom stereocenters. The first kappa shape index (κ1) is 7.47. The summed E-state index contributed by atoms with van der Waals surface area (Å²) in [5.41, 5.74) is -0.0447. The van der Waals surface area contributed by atoms with Crippen LogP contribution >= 0.6 is 0 Å². The van der Waals surface area contributed by atoms with E-state index in [2.05, 4.69) is 0 Å². The molecule has 0 bridgehead atoms. The molecule has 0 aliphatic heterocycles. The van der Waals surface area contributed by atoms with Crippen LogP contribution in [0.1, 0.15) is 11.1 Å². The zero-order valence-corrected chi connectivity index (χ0v) is 5.50. The van der Waals surface area contributed by atoms with E-state index in [0.717, 1.165) is 0 Å². The molecule has 2 radical (unpaired) electrons. The highest BCUT2D eigenvalue weighted by Crippen LogP contribution is 2.18. The van der Waals surface area contributed by atoms with E-state index < -0.39 is 0 Å². The second-order valence-corrected chi connectivity index (χ2v) is 1.91. The predicted octanol–water partition coefficient (Wildman–Crippen LogP) is 0.308. The molecule has 3 nitrogen and oxygen atoms in total. The van der Waals surface area contributed by atoms with Crippen molar-refractivity contribution in [2.75, 3.05) is 0 Å². The lowest BCUT2D eigenvalue weighted by molar-refractivity contribution is 0.469. The van der Waals surface area contributed by atoms with Crippen LogP contribution in [0.5, 0.6) is 5.75 Å². The Morgan fingerprint density at radius 3 is 1.91 bits per heavy atom. The van der Waals surface area contributed by atoms with Crippen molar-refractivity contribution in [3.05, 3.63) is 29.3 Å². The molecule has 0 aliphatic carbocycles. The summed E-state index contributed by atoms with van der Waals surface area (Å²) in [6.45, 7) is 0. The van der Waals surface area contributed by atoms with Gasteiger partial charge in [0.05, 0.1) is 11.1 Å². The molecule has 1 aromatic rings. The number of benzene rings is 1. The van der Waals surface area contributed by atoms with E-state index in [-0.39, 0.29) is 16.9 Å². The van der Waals surface area contributed by atoms with Crippen LogP contribution in [0.15, 0.2) is 18.2 Å². The van der Waals surface area contributed by atoms with Gasteiger partial charge >= 0.3 is 0 Å². The topological polar surface area (TPSA) is 54.4 Å². The van der Waals surface area contributed by atoms with Crippen LogP contribution in [-0.2, 0) is 9.59 Å². The fourth-order valence-corrected chi connectivity index (χ4v) is 0.708. The van der Waals surface area contributed by atoms with Crippen molar-refractivity contribution in [3.8, 4) is 5.75 Å². The van der Waals surface area contributed by atoms with Crippen LogP contribution in [0, 0.1) is 0 Å². The molecular formula is C8H4O3. The third-order valence-corrected chi connectivity index (χ3v) is 1.26. The number of rotatable bonds is 2. The van der Waals surface area contributed by atoms with Crippen molar-refractivity contribution in [1.29, 1.82) is 0 Å². The Labute approximate surface area is 63.3 Å². The van der Waals surface area contributed by atoms with Gasteiger partial charge in [-0.15, -0.1) is 0 Å². The normalized spacial score (nSPS) is 9.09. The van der Waals surface area contributed by atoms with Crippen LogP contribution in [0.4, 0.5) is 0 Å². The largest absolute Gasteiger partial charge is 0.506 e. The lowest BCUT2D eigenvalue weighted by Crippen LogP contribution is -1.87. The zero-order valence-electron chi connectivity index (χ0n) is 5.50. The molecule has 0 saturated heterocycles. The van der Waals surface area contributed by atoms with Gasteiger partial charge in [-0.2, -0.15) is 0 Å². The van der Waals surface area contributed by atoms with Crippen LogP contribution in [0.3, 0.4) is 0 Å². The highest BCUT2D eigenvalue weighted by atomic mass is 16.3. The fourth-order valence-electron chi connectivity index (χ4n) is 0.708. The lowest BCUT2D eigenvalue weighted by Gasteiger charge is -1.96. The van der Waals surface area contributed by atoms with Gasteiger partial charge in [0, 0.05) is 0 Å². The Bertz CT molecular complexity index is 265. The standard InChI is InChI=1S/C8H4O3/c9-4-6-2-1-3-7(5-10)8(6)11/h1-3,11H. The Morgan fingerprint density at radius 1 is 1.09 bits per heavy atom. The summed E-state index contributed by atoms with van der Waals surface area (Å²) >= 11 is 0. The first-order valence-corrected chi connectivity index (χ1v) is 2.88. The zero-order chi connectivity index (χ0) is 8.27. The van der Waals surface area contributed by atoms with Gasteiger partial charge in [-0.05, 0) is 12.1 Å². The number of hydrogen-bond acceptors (Lipinski definition) is 3. The first-order chi connectivity index (χ1) is 5.29. The molecule has 54 valence electrons. The number of hydrogen-bond donors (Lipinski definition) is 1. The highest BCUT2D eigenvalue weighted by molar-refractivity contribution is 5.88. The van der Waals surface area contributed by atoms with E-state index in [1.165, 1.54) is 30.8 Å². The Hall–Kier alpha value is -1.64. The van der Waals surface area contributed by atoms with Gasteiger partial charge in [0.15, 0.2) is 0 Å². The summed E-state index contributed by atoms with van der Waals surface area (Å²) in [6.07, 6.45) is 2.98. The van der Waals surface area contributed by atoms with E-state index >= 15 is 0 Å². The van der Waals surface area contributed by atoms with Crippen LogP contribution < -0.4 is 0 Å². The summed E-state index contributed by atoms with van der Waals surface area (Å²) in [4.78, 5) is 20.2. The monoisotopic (exact) mass is 148 g/mol. The van der Waals surface area contributed by atoms with Crippen LogP contribution in [0.2, 0.25) is 0 Å². The maximum Gasteiger partial charge on any atom is 0.237 e. The van der Waals surface area contributed by atoms with Crippen molar-refractivity contribution >= 4 is 12.6 Å². The Morgan fingerprint density at radius 2 is 1.55 bits per heavy atom. The minimum Gasteiger partial charge on any atom is -0.506 e. The fraction of sp³-hybridized carbons (Fsp3) is 0. The van der Waals surface area contributed by atoms with E-state index in [1.54, 1.807) is 0 Å². The van der Waals surface area contributed by atoms with Gasteiger partial charge in [-0.3, -0.25) is 9.59 Å². The van der Waals surface area contributed by atoms with Crippen molar-refractivity contribution in [2.45, 2.75) is 0 Å². The third-order valence-electron chi connectivity index (χ3n) is 1.26. The molecular weight excluding hydrogens is 144 g/mol. The number of phenolic OH excluding ortho intramolecular Hbond substituents is 1. The Kier molecular flexibility index (Phi) is 2.01. The summed E-state index contributed by atoms with van der Waals surface area (Å²) in [7, 11) is 0. The quantitative estimate of drug-likeness (QED) is 0.656. The first-order valence-electron chi connectivity index (χ1n) is 2.88. The van der Waals surface area contributed by atoms with Gasteiger partial charge in [-0.25, -0.2) is 0 Å². The van der Waals surface area contributed by atoms with Gasteiger partial charge in [-0.1, -0.05) is 6.07 Å². The SMILES string of the molecule is O=[C]c1cccc([C]=O)c1O. The van der Waals surface area contributed by atoms with Gasteiger partial charge in [0.2, 0.25) is 12.6 Å². The predicted molar refractivity (Wildman–Crippen MR) is 37.7 cm³/mol. The molecule has 0 fully saturated rings. The van der Waals surface area contributed by atoms with Gasteiger partial charge < -0.3 is 5.11 Å². The van der Waals surface area contributed by atoms with E-state index in [1.807, 2.05) is 0 Å². The smallest absolute Gasteiger partial charge is 0.237 e. The molecule has 0 aliphatic rings. The van der Waals surface area contributed by atoms with Crippen LogP contribution in [-0.4, -0.2) is 17.7 Å². The molecule has 1 N–H and O–H groups in total. The van der Waals surface area contributed by atoms with Gasteiger partial charge in [0.1, 0.15) is 5.75 Å². The molecule has 1 aromatic carbocycles. The summed E-state index contributed by atoms with van der Waals surface area (Å²) in [6, 6.07) is 4.20. The molecule has 0 heterocycles. The summed E-state index contributed by atoms with van der Waals surface area (Å²) in [5, 5.41) is 9.06. The molecule has 0 saturated carbocycles. The molecule has 3 heteroatoms. The molecule has 0 aromatic heterocycles. The van der Waals surface area contributed by atoms with Crippen molar-refractivity contribution < 1.29 is 14.7 Å². The van der Waals surface area contributed by atoms with Crippen molar-refractivity contribution in [1.82, 2.24) is 0 Å². The molecule has 0 amide bonds. The second kappa shape index (κ2) is 2.96. The maximum absolute atomic E-state index is 10.1. The second-order valence-electron chi connectivity index (χ2n) is 1.91. The van der Waals surface area contributed by atoms with Crippen molar-refractivity contribution in [3.63, 3.8) is 0 Å². The number of carbonyl (C=O) groups excluding carboxylic acids is 2. The van der Waals surface area contributed by atoms with E-state index in [4.69, 9.17) is 5.11 Å². The maximum atomic E-state index is 10.1. The third kappa shape index (κ3) is 1.26. The highest BCUT2D eigenvalue weighted by Gasteiger charge is 2.05. The number of aromatic hydroxyl groups is 1. The van der Waals surface area contributed by atoms with Gasteiger partial charge in [0.25, 0.3) is 0 Å². The van der Waals surface area contributed by atoms with Crippen molar-refractivity contribution in [2.24, 2.45) is 0 Å². The summed E-state index contributed by atoms with van der Waals surface area (Å²) < 4.78 is 0. The lowest BCUT2D eigenvalue weighted by atomic mass is 10.1. The molecule has 0 spiro atoms. The van der Waals surface area contributed by atoms with Crippen LogP contribution in [0.25, 0.3) is 0 Å². The average molecular weight is 148 g/mol. The minimum atomic E-state index is -0.363. The molecule has 11 heavy (non-hydrogen) atoms. The number of phenols is 1. The number of para-hydroxylation sites is 1. The molecule has 1 rings (SSSR count). The van der Waals surface area contributed by atoms with E-state index in [0.29, 0.717) is 0 Å². The average Bonchev–Trinajstić information content (AvgIpc) is 2.05. The summed E-state index contributed by atoms with van der Waals surface area (Å²) in [5.74, 6) is -0.363.